The third kappa shape index (κ3) is 4.31. The lowest BCUT2D eigenvalue weighted by Gasteiger charge is -2.32. The van der Waals surface area contributed by atoms with Crippen LogP contribution in [0, 0.1) is 11.3 Å². The van der Waals surface area contributed by atoms with Gasteiger partial charge in [-0.05, 0) is 36.2 Å². The van der Waals surface area contributed by atoms with Gasteiger partial charge in [0.05, 0.1) is 24.3 Å². The lowest BCUT2D eigenvalue weighted by molar-refractivity contribution is 0.0529. The average Bonchev–Trinajstić information content (AvgIpc) is 2.63. The van der Waals surface area contributed by atoms with Gasteiger partial charge < -0.3 is 15.0 Å². The Morgan fingerprint density at radius 1 is 1.21 bits per heavy atom. The maximum Gasteiger partial charge on any atom is 0.128 e. The van der Waals surface area contributed by atoms with Crippen LogP contribution in [0.1, 0.15) is 23.6 Å². The van der Waals surface area contributed by atoms with Crippen LogP contribution in [0.2, 0.25) is 0 Å². The number of morpholine rings is 1. The van der Waals surface area contributed by atoms with E-state index in [0.717, 1.165) is 44.2 Å². The van der Waals surface area contributed by atoms with E-state index in [-0.39, 0.29) is 6.10 Å². The Balaban J connectivity index is 1.50. The van der Waals surface area contributed by atoms with Gasteiger partial charge in [-0.15, -0.1) is 0 Å². The highest BCUT2D eigenvalue weighted by Gasteiger charge is 2.17. The van der Waals surface area contributed by atoms with E-state index in [0.29, 0.717) is 5.56 Å². The summed E-state index contributed by atoms with van der Waals surface area (Å²) in [5, 5.41) is 12.2. The maximum atomic E-state index is 8.80. The number of aromatic nitrogens is 1. The van der Waals surface area contributed by atoms with Crippen molar-refractivity contribution < 1.29 is 4.74 Å². The Morgan fingerprint density at radius 3 is 2.62 bits per heavy atom. The van der Waals surface area contributed by atoms with Crippen LogP contribution >= 0.6 is 0 Å². The molecular formula is C19H22N4O. The minimum Gasteiger partial charge on any atom is -0.375 e. The van der Waals surface area contributed by atoms with Crippen LogP contribution in [0.25, 0.3) is 0 Å². The van der Waals surface area contributed by atoms with Gasteiger partial charge in [-0.2, -0.15) is 5.26 Å². The summed E-state index contributed by atoms with van der Waals surface area (Å²) in [5.74, 6) is 1.01. The quantitative estimate of drug-likeness (QED) is 0.916. The Hall–Kier alpha value is -2.42. The molecule has 2 aromatic rings. The van der Waals surface area contributed by atoms with E-state index >= 15 is 0 Å². The molecule has 0 unspecified atom stereocenters. The molecule has 1 atom stereocenters. The molecule has 24 heavy (non-hydrogen) atoms. The molecule has 1 aromatic carbocycles. The normalized spacial score (nSPS) is 17.5. The van der Waals surface area contributed by atoms with Gasteiger partial charge in [0, 0.05) is 32.4 Å². The van der Waals surface area contributed by atoms with Crippen molar-refractivity contribution in [2.24, 2.45) is 0 Å². The molecule has 1 N–H and O–H groups in total. The van der Waals surface area contributed by atoms with Crippen molar-refractivity contribution in [3.63, 3.8) is 0 Å². The first-order valence-electron chi connectivity index (χ1n) is 8.26. The zero-order chi connectivity index (χ0) is 16.8. The number of pyridine rings is 1. The molecule has 0 spiro atoms. The smallest absolute Gasteiger partial charge is 0.128 e. The van der Waals surface area contributed by atoms with Gasteiger partial charge in [0.1, 0.15) is 5.82 Å². The molecule has 0 amide bonds. The summed E-state index contributed by atoms with van der Waals surface area (Å²) >= 11 is 0. The Morgan fingerprint density at radius 2 is 1.96 bits per heavy atom. The van der Waals surface area contributed by atoms with Crippen LogP contribution in [0.4, 0.5) is 5.82 Å². The number of benzene rings is 1. The minimum absolute atomic E-state index is 0.259. The van der Waals surface area contributed by atoms with Crippen molar-refractivity contribution in [2.75, 3.05) is 24.6 Å². The lowest BCUT2D eigenvalue weighted by Crippen LogP contribution is -2.41. The largest absolute Gasteiger partial charge is 0.375 e. The van der Waals surface area contributed by atoms with Gasteiger partial charge in [0.2, 0.25) is 0 Å². The van der Waals surface area contributed by atoms with Gasteiger partial charge in [-0.3, -0.25) is 0 Å². The molecule has 0 radical (unpaired) electrons. The van der Waals surface area contributed by atoms with Crippen molar-refractivity contribution in [3.05, 3.63) is 59.3 Å². The van der Waals surface area contributed by atoms with Crippen molar-refractivity contribution >= 4 is 5.82 Å². The summed E-state index contributed by atoms with van der Waals surface area (Å²) in [4.78, 5) is 6.85. The van der Waals surface area contributed by atoms with E-state index in [1.165, 1.54) is 5.56 Å². The molecule has 5 heteroatoms. The highest BCUT2D eigenvalue weighted by atomic mass is 16.5. The van der Waals surface area contributed by atoms with Crippen molar-refractivity contribution in [2.45, 2.75) is 26.1 Å². The molecule has 1 saturated heterocycles. The summed E-state index contributed by atoms with van der Waals surface area (Å²) < 4.78 is 5.57. The predicted molar refractivity (Wildman–Crippen MR) is 93.6 cm³/mol. The minimum atomic E-state index is 0.259. The third-order valence-corrected chi connectivity index (χ3v) is 4.12. The van der Waals surface area contributed by atoms with Crippen LogP contribution in [-0.4, -0.2) is 30.8 Å². The topological polar surface area (TPSA) is 61.2 Å². The van der Waals surface area contributed by atoms with E-state index in [1.54, 1.807) is 0 Å². The first-order valence-corrected chi connectivity index (χ1v) is 8.26. The summed E-state index contributed by atoms with van der Waals surface area (Å²) in [6, 6.07) is 14.0. The molecular weight excluding hydrogens is 300 g/mol. The molecule has 1 aromatic heterocycles. The molecule has 5 nitrogen and oxygen atoms in total. The Labute approximate surface area is 142 Å². The molecule has 1 aliphatic heterocycles. The second-order valence-corrected chi connectivity index (χ2v) is 6.06. The standard InChI is InChI=1S/C19H22N4O/c1-15-14-23(8-9-24-15)19-7-6-18(13-22-19)12-21-11-17-4-2-16(10-20)3-5-17/h2-7,13,15,21H,8-9,11-12,14H2,1H3/t15-/m1/s1. The highest BCUT2D eigenvalue weighted by molar-refractivity contribution is 5.40. The van der Waals surface area contributed by atoms with Gasteiger partial charge >= 0.3 is 0 Å². The number of anilines is 1. The van der Waals surface area contributed by atoms with Crippen LogP contribution in [0.15, 0.2) is 42.6 Å². The average molecular weight is 322 g/mol. The fourth-order valence-corrected chi connectivity index (χ4v) is 2.78. The molecule has 0 saturated carbocycles. The van der Waals surface area contributed by atoms with E-state index in [9.17, 15) is 0 Å². The highest BCUT2D eigenvalue weighted by Crippen LogP contribution is 2.15. The third-order valence-electron chi connectivity index (χ3n) is 4.12. The monoisotopic (exact) mass is 322 g/mol. The number of hydrogen-bond acceptors (Lipinski definition) is 5. The first-order chi connectivity index (χ1) is 11.7. The molecule has 124 valence electrons. The first kappa shape index (κ1) is 16.4. The number of nitrogens with one attached hydrogen (secondary N) is 1. The fraction of sp³-hybridized carbons (Fsp3) is 0.368. The molecule has 0 aliphatic carbocycles. The van der Waals surface area contributed by atoms with Gasteiger partial charge in [-0.1, -0.05) is 18.2 Å². The van der Waals surface area contributed by atoms with Crippen molar-refractivity contribution in [1.29, 1.82) is 5.26 Å². The molecule has 3 rings (SSSR count). The van der Waals surface area contributed by atoms with Gasteiger partial charge in [0.15, 0.2) is 0 Å². The van der Waals surface area contributed by atoms with Crippen LogP contribution in [0.3, 0.4) is 0 Å². The summed E-state index contributed by atoms with van der Waals surface area (Å²) in [5.41, 5.74) is 3.02. The summed E-state index contributed by atoms with van der Waals surface area (Å²) in [6.07, 6.45) is 2.19. The van der Waals surface area contributed by atoms with Crippen LogP contribution in [0.5, 0.6) is 0 Å². The number of hydrogen-bond donors (Lipinski definition) is 1. The fourth-order valence-electron chi connectivity index (χ4n) is 2.78. The SMILES string of the molecule is C[C@@H]1CN(c2ccc(CNCc3ccc(C#N)cc3)cn2)CCO1. The second-order valence-electron chi connectivity index (χ2n) is 6.06. The summed E-state index contributed by atoms with van der Waals surface area (Å²) in [7, 11) is 0. The molecule has 2 heterocycles. The summed E-state index contributed by atoms with van der Waals surface area (Å²) in [6.45, 7) is 6.18. The zero-order valence-corrected chi connectivity index (χ0v) is 13.9. The molecule has 1 aliphatic rings. The van der Waals surface area contributed by atoms with E-state index < -0.39 is 0 Å². The number of ether oxygens (including phenoxy) is 1. The van der Waals surface area contributed by atoms with E-state index in [4.69, 9.17) is 10.00 Å². The van der Waals surface area contributed by atoms with Crippen LogP contribution in [-0.2, 0) is 17.8 Å². The predicted octanol–water partition coefficient (Wildman–Crippen LogP) is 2.47. The molecule has 1 fully saturated rings. The second kappa shape index (κ2) is 7.91. The van der Waals surface area contributed by atoms with E-state index in [2.05, 4.69) is 40.3 Å². The maximum absolute atomic E-state index is 8.80. The number of nitriles is 1. The van der Waals surface area contributed by atoms with Gasteiger partial charge in [-0.25, -0.2) is 4.98 Å². The number of rotatable bonds is 5. The molecule has 0 bridgehead atoms. The van der Waals surface area contributed by atoms with Gasteiger partial charge in [0.25, 0.3) is 0 Å². The van der Waals surface area contributed by atoms with Crippen molar-refractivity contribution in [1.82, 2.24) is 10.3 Å². The number of nitrogens with zero attached hydrogens (tertiary/aromatic N) is 3. The van der Waals surface area contributed by atoms with E-state index in [1.807, 2.05) is 30.5 Å². The lowest BCUT2D eigenvalue weighted by atomic mass is 10.1. The van der Waals surface area contributed by atoms with Crippen LogP contribution < -0.4 is 10.2 Å². The Kier molecular flexibility index (Phi) is 5.42. The van der Waals surface area contributed by atoms with Crippen molar-refractivity contribution in [3.8, 4) is 6.07 Å². The zero-order valence-electron chi connectivity index (χ0n) is 13.9. The Bertz CT molecular complexity index is 691.